The number of ether oxygens (including phenoxy) is 1. The average Bonchev–Trinajstić information content (AvgIpc) is 2.87. The SMILES string of the molecule is C[C@@H](OC(=O)CN1CCCC1=O)C(=O)Nc1ccc(Br)cc1F. The Morgan fingerprint density at radius 2 is 2.22 bits per heavy atom. The molecular weight excluding hydrogens is 371 g/mol. The predicted octanol–water partition coefficient (Wildman–Crippen LogP) is 2.08. The third kappa shape index (κ3) is 4.75. The van der Waals surface area contributed by atoms with Crippen LogP contribution in [0.2, 0.25) is 0 Å². The molecular formula is C15H16BrFN2O4. The van der Waals surface area contributed by atoms with Gasteiger partial charge in [-0.25, -0.2) is 4.39 Å². The molecule has 1 aromatic rings. The lowest BCUT2D eigenvalue weighted by molar-refractivity contribution is -0.155. The van der Waals surface area contributed by atoms with Crippen LogP contribution in [-0.2, 0) is 19.1 Å². The van der Waals surface area contributed by atoms with Gasteiger partial charge in [-0.3, -0.25) is 14.4 Å². The highest BCUT2D eigenvalue weighted by atomic mass is 79.9. The number of nitrogens with one attached hydrogen (secondary N) is 1. The summed E-state index contributed by atoms with van der Waals surface area (Å²) in [6.07, 6.45) is 0.0419. The van der Waals surface area contributed by atoms with E-state index < -0.39 is 23.8 Å². The van der Waals surface area contributed by atoms with E-state index in [1.807, 2.05) is 0 Å². The van der Waals surface area contributed by atoms with Crippen molar-refractivity contribution >= 4 is 39.4 Å². The van der Waals surface area contributed by atoms with Crippen LogP contribution in [0.5, 0.6) is 0 Å². The van der Waals surface area contributed by atoms with E-state index in [4.69, 9.17) is 4.74 Å². The molecule has 0 unspecified atom stereocenters. The Bertz CT molecular complexity index is 638. The molecule has 23 heavy (non-hydrogen) atoms. The Hall–Kier alpha value is -1.96. The zero-order valence-corrected chi connectivity index (χ0v) is 14.1. The molecule has 1 fully saturated rings. The molecule has 0 spiro atoms. The summed E-state index contributed by atoms with van der Waals surface area (Å²) in [5, 5.41) is 2.35. The number of halogens is 2. The highest BCUT2D eigenvalue weighted by Gasteiger charge is 2.25. The Balaban J connectivity index is 1.86. The van der Waals surface area contributed by atoms with E-state index >= 15 is 0 Å². The molecule has 1 aliphatic heterocycles. The first-order valence-electron chi connectivity index (χ1n) is 7.10. The molecule has 1 saturated heterocycles. The van der Waals surface area contributed by atoms with Gasteiger partial charge in [0.05, 0.1) is 5.69 Å². The lowest BCUT2D eigenvalue weighted by atomic mass is 10.3. The van der Waals surface area contributed by atoms with E-state index in [1.54, 1.807) is 6.07 Å². The van der Waals surface area contributed by atoms with Crippen molar-refractivity contribution in [3.05, 3.63) is 28.5 Å². The van der Waals surface area contributed by atoms with Crippen molar-refractivity contribution in [1.29, 1.82) is 0 Å². The van der Waals surface area contributed by atoms with E-state index in [2.05, 4.69) is 21.2 Å². The molecule has 1 aromatic carbocycles. The number of esters is 1. The zero-order valence-electron chi connectivity index (χ0n) is 12.5. The van der Waals surface area contributed by atoms with Gasteiger partial charge in [0.1, 0.15) is 12.4 Å². The van der Waals surface area contributed by atoms with E-state index in [-0.39, 0.29) is 18.1 Å². The van der Waals surface area contributed by atoms with Crippen LogP contribution in [0.3, 0.4) is 0 Å². The van der Waals surface area contributed by atoms with Crippen LogP contribution in [-0.4, -0.2) is 41.9 Å². The minimum Gasteiger partial charge on any atom is -0.451 e. The van der Waals surface area contributed by atoms with Gasteiger partial charge in [-0.1, -0.05) is 15.9 Å². The minimum atomic E-state index is -1.09. The van der Waals surface area contributed by atoms with Crippen molar-refractivity contribution in [2.75, 3.05) is 18.4 Å². The molecule has 2 amide bonds. The normalized spacial score (nSPS) is 15.4. The van der Waals surface area contributed by atoms with Gasteiger partial charge in [-0.05, 0) is 31.5 Å². The van der Waals surface area contributed by atoms with Crippen LogP contribution in [0, 0.1) is 5.82 Å². The van der Waals surface area contributed by atoms with Crippen molar-refractivity contribution < 1.29 is 23.5 Å². The first-order valence-corrected chi connectivity index (χ1v) is 7.89. The molecule has 2 rings (SSSR count). The summed E-state index contributed by atoms with van der Waals surface area (Å²) in [5.41, 5.74) is -0.00387. The number of likely N-dealkylation sites (tertiary alicyclic amines) is 1. The lowest BCUT2D eigenvalue weighted by Gasteiger charge is -2.17. The highest BCUT2D eigenvalue weighted by molar-refractivity contribution is 9.10. The molecule has 0 aliphatic carbocycles. The Kier molecular flexibility index (Phi) is 5.70. The molecule has 1 heterocycles. The minimum absolute atomic E-state index is 0.00387. The molecule has 0 aromatic heterocycles. The number of anilines is 1. The summed E-state index contributed by atoms with van der Waals surface area (Å²) in [5.74, 6) is -2.02. The summed E-state index contributed by atoms with van der Waals surface area (Å²) in [7, 11) is 0. The fourth-order valence-corrected chi connectivity index (χ4v) is 2.47. The number of nitrogens with zero attached hydrogens (tertiary/aromatic N) is 1. The second-order valence-electron chi connectivity index (χ2n) is 5.16. The van der Waals surface area contributed by atoms with Crippen LogP contribution in [0.1, 0.15) is 19.8 Å². The number of benzene rings is 1. The van der Waals surface area contributed by atoms with Gasteiger partial charge < -0.3 is 15.0 Å². The number of hydrogen-bond donors (Lipinski definition) is 1. The summed E-state index contributed by atoms with van der Waals surface area (Å²) in [6, 6.07) is 4.19. The Morgan fingerprint density at radius 1 is 1.48 bits per heavy atom. The summed E-state index contributed by atoms with van der Waals surface area (Å²) in [6.45, 7) is 1.72. The van der Waals surface area contributed by atoms with Gasteiger partial charge in [-0.15, -0.1) is 0 Å². The van der Waals surface area contributed by atoms with Gasteiger partial charge in [0.2, 0.25) is 5.91 Å². The second kappa shape index (κ2) is 7.54. The molecule has 0 radical (unpaired) electrons. The van der Waals surface area contributed by atoms with Crippen molar-refractivity contribution in [3.63, 3.8) is 0 Å². The van der Waals surface area contributed by atoms with Crippen molar-refractivity contribution in [2.45, 2.75) is 25.9 Å². The molecule has 124 valence electrons. The molecule has 0 bridgehead atoms. The van der Waals surface area contributed by atoms with Crippen LogP contribution >= 0.6 is 15.9 Å². The maximum atomic E-state index is 13.7. The quantitative estimate of drug-likeness (QED) is 0.786. The lowest BCUT2D eigenvalue weighted by Crippen LogP contribution is -2.36. The van der Waals surface area contributed by atoms with Crippen LogP contribution in [0.4, 0.5) is 10.1 Å². The standard InChI is InChI=1S/C15H16BrFN2O4/c1-9(23-14(21)8-19-6-2-3-13(19)20)15(22)18-12-5-4-10(16)7-11(12)17/h4-5,7,9H,2-3,6,8H2,1H3,(H,18,22)/t9-/m1/s1. The number of carbonyl (C=O) groups excluding carboxylic acids is 3. The van der Waals surface area contributed by atoms with E-state index in [0.29, 0.717) is 23.9 Å². The Morgan fingerprint density at radius 3 is 2.83 bits per heavy atom. The van der Waals surface area contributed by atoms with Gasteiger partial charge >= 0.3 is 5.97 Å². The van der Waals surface area contributed by atoms with Crippen LogP contribution in [0.15, 0.2) is 22.7 Å². The predicted molar refractivity (Wildman–Crippen MR) is 84.1 cm³/mol. The number of hydrogen-bond acceptors (Lipinski definition) is 4. The van der Waals surface area contributed by atoms with Gasteiger partial charge in [-0.2, -0.15) is 0 Å². The van der Waals surface area contributed by atoms with E-state index in [9.17, 15) is 18.8 Å². The first-order chi connectivity index (χ1) is 10.9. The third-order valence-corrected chi connectivity index (χ3v) is 3.85. The molecule has 8 heteroatoms. The fraction of sp³-hybridized carbons (Fsp3) is 0.400. The zero-order chi connectivity index (χ0) is 17.0. The summed E-state index contributed by atoms with van der Waals surface area (Å²) < 4.78 is 19.2. The van der Waals surface area contributed by atoms with E-state index in [0.717, 1.165) is 0 Å². The summed E-state index contributed by atoms with van der Waals surface area (Å²) in [4.78, 5) is 36.5. The molecule has 1 aliphatic rings. The van der Waals surface area contributed by atoms with Gasteiger partial charge in [0, 0.05) is 17.4 Å². The highest BCUT2D eigenvalue weighted by Crippen LogP contribution is 2.19. The molecule has 0 saturated carbocycles. The van der Waals surface area contributed by atoms with Crippen molar-refractivity contribution in [1.82, 2.24) is 4.90 Å². The van der Waals surface area contributed by atoms with Gasteiger partial charge in [0.25, 0.3) is 5.91 Å². The summed E-state index contributed by atoms with van der Waals surface area (Å²) >= 11 is 3.12. The average molecular weight is 387 g/mol. The van der Waals surface area contributed by atoms with Gasteiger partial charge in [0.15, 0.2) is 6.10 Å². The monoisotopic (exact) mass is 386 g/mol. The molecule has 1 N–H and O–H groups in total. The second-order valence-corrected chi connectivity index (χ2v) is 6.08. The Labute approximate surface area is 141 Å². The first kappa shape index (κ1) is 17.4. The van der Waals surface area contributed by atoms with Crippen molar-refractivity contribution in [2.24, 2.45) is 0 Å². The van der Waals surface area contributed by atoms with E-state index in [1.165, 1.54) is 24.0 Å². The molecule has 1 atom stereocenters. The van der Waals surface area contributed by atoms with Crippen LogP contribution < -0.4 is 5.32 Å². The maximum Gasteiger partial charge on any atom is 0.326 e. The van der Waals surface area contributed by atoms with Crippen LogP contribution in [0.25, 0.3) is 0 Å². The maximum absolute atomic E-state index is 13.7. The third-order valence-electron chi connectivity index (χ3n) is 3.36. The number of carbonyl (C=O) groups is 3. The largest absolute Gasteiger partial charge is 0.451 e. The fourth-order valence-electron chi connectivity index (χ4n) is 2.14. The topological polar surface area (TPSA) is 75.7 Å². The smallest absolute Gasteiger partial charge is 0.326 e. The number of rotatable bonds is 5. The molecule has 6 nitrogen and oxygen atoms in total. The van der Waals surface area contributed by atoms with Crippen molar-refractivity contribution in [3.8, 4) is 0 Å². The number of amides is 2.